The van der Waals surface area contributed by atoms with Gasteiger partial charge >= 0.3 is 6.36 Å². The van der Waals surface area contributed by atoms with Gasteiger partial charge in [-0.15, -0.1) is 18.3 Å². The van der Waals surface area contributed by atoms with E-state index in [2.05, 4.69) is 19.9 Å². The van der Waals surface area contributed by atoms with Crippen LogP contribution in [-0.2, 0) is 5.75 Å². The monoisotopic (exact) mass is 290 g/mol. The van der Waals surface area contributed by atoms with Gasteiger partial charge < -0.3 is 10.5 Å². The average molecular weight is 290 g/mol. The van der Waals surface area contributed by atoms with Crippen LogP contribution >= 0.6 is 11.8 Å². The van der Waals surface area contributed by atoms with Crippen LogP contribution in [-0.4, -0.2) is 21.5 Å². The zero-order valence-corrected chi connectivity index (χ0v) is 10.3. The highest BCUT2D eigenvalue weighted by molar-refractivity contribution is 7.98. The van der Waals surface area contributed by atoms with E-state index in [1.54, 1.807) is 12.1 Å². The molecule has 0 saturated heterocycles. The molecule has 0 aliphatic carbocycles. The molecule has 9 heteroatoms. The number of alkyl halides is 3. The Labute approximate surface area is 110 Å². The van der Waals surface area contributed by atoms with Crippen molar-refractivity contribution in [2.45, 2.75) is 17.3 Å². The predicted octanol–water partition coefficient (Wildman–Crippen LogP) is 2.58. The van der Waals surface area contributed by atoms with E-state index in [0.29, 0.717) is 10.9 Å². The number of halogens is 3. The van der Waals surface area contributed by atoms with E-state index in [4.69, 9.17) is 5.73 Å². The summed E-state index contributed by atoms with van der Waals surface area (Å²) in [6.07, 6.45) is -4.67. The van der Waals surface area contributed by atoms with Gasteiger partial charge in [0, 0.05) is 5.75 Å². The molecule has 0 aliphatic rings. The molecule has 0 fully saturated rings. The third kappa shape index (κ3) is 4.36. The van der Waals surface area contributed by atoms with Gasteiger partial charge in [0.25, 0.3) is 0 Å². The maximum Gasteiger partial charge on any atom is 0.573 e. The Morgan fingerprint density at radius 2 is 1.95 bits per heavy atom. The van der Waals surface area contributed by atoms with Crippen molar-refractivity contribution in [1.29, 1.82) is 0 Å². The van der Waals surface area contributed by atoms with Crippen molar-refractivity contribution in [1.82, 2.24) is 15.2 Å². The fourth-order valence-electron chi connectivity index (χ4n) is 1.26. The molecular formula is C10H9F3N4OS. The molecule has 0 aliphatic heterocycles. The van der Waals surface area contributed by atoms with Gasteiger partial charge in [-0.2, -0.15) is 4.98 Å². The van der Waals surface area contributed by atoms with Gasteiger partial charge in [0.05, 0.1) is 0 Å². The Morgan fingerprint density at radius 3 is 2.47 bits per heavy atom. The molecule has 19 heavy (non-hydrogen) atoms. The Hall–Kier alpha value is -1.90. The number of rotatable bonds is 4. The lowest BCUT2D eigenvalue weighted by atomic mass is 10.2. The van der Waals surface area contributed by atoms with Gasteiger partial charge in [0.2, 0.25) is 11.1 Å². The summed E-state index contributed by atoms with van der Waals surface area (Å²) in [5.74, 6) is 0.490. The van der Waals surface area contributed by atoms with Crippen LogP contribution in [0.3, 0.4) is 0 Å². The lowest BCUT2D eigenvalue weighted by molar-refractivity contribution is -0.274. The number of ether oxygens (including phenoxy) is 1. The van der Waals surface area contributed by atoms with Crippen molar-refractivity contribution >= 4 is 17.7 Å². The highest BCUT2D eigenvalue weighted by atomic mass is 32.2. The quantitative estimate of drug-likeness (QED) is 0.846. The number of aromatic amines is 1. The maximum atomic E-state index is 12.0. The van der Waals surface area contributed by atoms with Crippen molar-refractivity contribution in [3.8, 4) is 5.75 Å². The van der Waals surface area contributed by atoms with Crippen molar-refractivity contribution in [2.75, 3.05) is 5.73 Å². The maximum absolute atomic E-state index is 12.0. The number of thioether (sulfide) groups is 1. The molecule has 2 rings (SSSR count). The average Bonchev–Trinajstić information content (AvgIpc) is 2.72. The zero-order valence-electron chi connectivity index (χ0n) is 9.44. The SMILES string of the molecule is Nc1nc(SCc2ccc(OC(F)(F)F)cc2)n[nH]1. The summed E-state index contributed by atoms with van der Waals surface area (Å²) >= 11 is 1.32. The normalized spacial score (nSPS) is 11.5. The molecule has 0 radical (unpaired) electrons. The highest BCUT2D eigenvalue weighted by Gasteiger charge is 2.30. The second kappa shape index (κ2) is 5.39. The van der Waals surface area contributed by atoms with Crippen molar-refractivity contribution in [2.24, 2.45) is 0 Å². The third-order valence-electron chi connectivity index (χ3n) is 2.01. The number of nitrogen functional groups attached to an aromatic ring is 1. The largest absolute Gasteiger partial charge is 0.573 e. The number of hydrogen-bond donors (Lipinski definition) is 2. The third-order valence-corrected chi connectivity index (χ3v) is 2.93. The van der Waals surface area contributed by atoms with Crippen LogP contribution in [0.15, 0.2) is 29.4 Å². The minimum Gasteiger partial charge on any atom is -0.406 e. The summed E-state index contributed by atoms with van der Waals surface area (Å²) in [7, 11) is 0. The van der Waals surface area contributed by atoms with Crippen molar-refractivity contribution < 1.29 is 17.9 Å². The standard InChI is InChI=1S/C10H9F3N4OS/c11-10(12,13)18-7-3-1-6(2-4-7)5-19-9-15-8(14)16-17-9/h1-4H,5H2,(H3,14,15,16,17). The fraction of sp³-hybridized carbons (Fsp3) is 0.200. The Bertz CT molecular complexity index is 540. The number of benzene rings is 1. The number of H-pyrrole nitrogens is 1. The molecule has 0 bridgehead atoms. The minimum atomic E-state index is -4.67. The van der Waals surface area contributed by atoms with Gasteiger partial charge in [0.1, 0.15) is 5.75 Å². The van der Waals surface area contributed by atoms with E-state index in [-0.39, 0.29) is 11.7 Å². The first-order valence-electron chi connectivity index (χ1n) is 5.08. The summed E-state index contributed by atoms with van der Waals surface area (Å²) in [5.41, 5.74) is 6.18. The van der Waals surface area contributed by atoms with Crippen LogP contribution in [0.5, 0.6) is 5.75 Å². The molecule has 0 spiro atoms. The molecule has 102 valence electrons. The first-order chi connectivity index (χ1) is 8.92. The highest BCUT2D eigenvalue weighted by Crippen LogP contribution is 2.25. The molecule has 0 unspecified atom stereocenters. The minimum absolute atomic E-state index is 0.219. The molecule has 0 amide bonds. The van der Waals surface area contributed by atoms with Gasteiger partial charge in [-0.1, -0.05) is 23.9 Å². The summed E-state index contributed by atoms with van der Waals surface area (Å²) in [4.78, 5) is 3.89. The lowest BCUT2D eigenvalue weighted by Crippen LogP contribution is -2.16. The number of nitrogens with one attached hydrogen (secondary N) is 1. The van der Waals surface area contributed by atoms with E-state index in [9.17, 15) is 13.2 Å². The molecule has 0 saturated carbocycles. The molecule has 2 aromatic rings. The second-order valence-corrected chi connectivity index (χ2v) is 4.43. The summed E-state index contributed by atoms with van der Waals surface area (Å²) in [6.45, 7) is 0. The number of hydrogen-bond acceptors (Lipinski definition) is 5. The lowest BCUT2D eigenvalue weighted by Gasteiger charge is -2.08. The van der Waals surface area contributed by atoms with Crippen LogP contribution in [0.1, 0.15) is 5.56 Å². The fourth-order valence-corrected chi connectivity index (χ4v) is 2.02. The Morgan fingerprint density at radius 1 is 1.26 bits per heavy atom. The molecule has 0 atom stereocenters. The van der Waals surface area contributed by atoms with E-state index >= 15 is 0 Å². The van der Waals surface area contributed by atoms with E-state index in [0.717, 1.165) is 5.56 Å². The molecule has 1 aromatic heterocycles. The Balaban J connectivity index is 1.91. The first kappa shape index (κ1) is 13.5. The van der Waals surface area contributed by atoms with Crippen LogP contribution in [0.25, 0.3) is 0 Å². The summed E-state index contributed by atoms with van der Waals surface area (Å²) in [6, 6.07) is 5.61. The number of aromatic nitrogens is 3. The van der Waals surface area contributed by atoms with E-state index in [1.165, 1.54) is 23.9 Å². The Kier molecular flexibility index (Phi) is 3.84. The van der Waals surface area contributed by atoms with Crippen LogP contribution in [0, 0.1) is 0 Å². The van der Waals surface area contributed by atoms with Gasteiger partial charge in [-0.3, -0.25) is 0 Å². The van der Waals surface area contributed by atoms with Crippen LogP contribution in [0.2, 0.25) is 0 Å². The van der Waals surface area contributed by atoms with Gasteiger partial charge in [-0.25, -0.2) is 5.10 Å². The number of nitrogens with zero attached hydrogens (tertiary/aromatic N) is 2. The molecular weight excluding hydrogens is 281 g/mol. The van der Waals surface area contributed by atoms with E-state index in [1.807, 2.05) is 0 Å². The van der Waals surface area contributed by atoms with Gasteiger partial charge in [-0.05, 0) is 17.7 Å². The molecule has 1 heterocycles. The van der Waals surface area contributed by atoms with Crippen LogP contribution in [0.4, 0.5) is 19.1 Å². The number of anilines is 1. The topological polar surface area (TPSA) is 76.8 Å². The predicted molar refractivity (Wildman–Crippen MR) is 63.5 cm³/mol. The zero-order chi connectivity index (χ0) is 13.9. The van der Waals surface area contributed by atoms with E-state index < -0.39 is 6.36 Å². The first-order valence-corrected chi connectivity index (χ1v) is 6.06. The molecule has 3 N–H and O–H groups in total. The molecule has 1 aromatic carbocycles. The molecule has 5 nitrogen and oxygen atoms in total. The van der Waals surface area contributed by atoms with Gasteiger partial charge in [0.15, 0.2) is 0 Å². The smallest absolute Gasteiger partial charge is 0.406 e. The van der Waals surface area contributed by atoms with Crippen LogP contribution < -0.4 is 10.5 Å². The van der Waals surface area contributed by atoms with Crippen molar-refractivity contribution in [3.63, 3.8) is 0 Å². The summed E-state index contributed by atoms with van der Waals surface area (Å²) < 4.78 is 39.6. The number of nitrogens with two attached hydrogens (primary N) is 1. The summed E-state index contributed by atoms with van der Waals surface area (Å²) in [5, 5.41) is 6.80. The van der Waals surface area contributed by atoms with Crippen molar-refractivity contribution in [3.05, 3.63) is 29.8 Å². The second-order valence-electron chi connectivity index (χ2n) is 3.48.